The van der Waals surface area contributed by atoms with Crippen molar-refractivity contribution in [2.45, 2.75) is 31.1 Å². The lowest BCUT2D eigenvalue weighted by Crippen LogP contribution is -2.38. The average Bonchev–Trinajstić information content (AvgIpc) is 2.42. The molecule has 0 saturated carbocycles. The summed E-state index contributed by atoms with van der Waals surface area (Å²) in [4.78, 5) is 14.5. The van der Waals surface area contributed by atoms with Crippen molar-refractivity contribution in [2.75, 3.05) is 24.6 Å². The van der Waals surface area contributed by atoms with E-state index in [1.54, 1.807) is 6.07 Å². The van der Waals surface area contributed by atoms with Gasteiger partial charge < -0.3 is 10.6 Å². The Morgan fingerprint density at radius 1 is 1.32 bits per heavy atom. The van der Waals surface area contributed by atoms with Gasteiger partial charge in [-0.1, -0.05) is 12.1 Å². The number of likely N-dealkylation sites (tertiary alicyclic amines) is 1. The van der Waals surface area contributed by atoms with Gasteiger partial charge in [0.1, 0.15) is 5.75 Å². The van der Waals surface area contributed by atoms with Gasteiger partial charge in [0.25, 0.3) is 0 Å². The van der Waals surface area contributed by atoms with E-state index in [9.17, 15) is 9.00 Å². The predicted octanol–water partition coefficient (Wildman–Crippen LogP) is 1.70. The van der Waals surface area contributed by atoms with Gasteiger partial charge in [-0.05, 0) is 37.8 Å². The number of nitrogens with two attached hydrogens (primary N) is 1. The van der Waals surface area contributed by atoms with Crippen LogP contribution in [0, 0.1) is 6.92 Å². The van der Waals surface area contributed by atoms with E-state index in [1.165, 1.54) is 6.42 Å². The first kappa shape index (κ1) is 14.1. The fourth-order valence-electron chi connectivity index (χ4n) is 2.28. The molecule has 1 atom stereocenters. The molecule has 5 heteroatoms. The predicted molar refractivity (Wildman–Crippen MR) is 77.3 cm³/mol. The van der Waals surface area contributed by atoms with Gasteiger partial charge in [-0.2, -0.15) is 0 Å². The smallest absolute Gasteiger partial charge is 0.235 e. The van der Waals surface area contributed by atoms with Gasteiger partial charge in [-0.3, -0.25) is 9.00 Å². The number of nitrogen functional groups attached to an aromatic ring is 1. The van der Waals surface area contributed by atoms with Crippen molar-refractivity contribution in [2.24, 2.45) is 0 Å². The van der Waals surface area contributed by atoms with Gasteiger partial charge >= 0.3 is 0 Å². The molecule has 0 radical (unpaired) electrons. The molecular weight excluding hydrogens is 260 g/mol. The Kier molecular flexibility index (Phi) is 4.58. The number of anilines is 1. The highest BCUT2D eigenvalue weighted by atomic mass is 32.2. The van der Waals surface area contributed by atoms with Crippen LogP contribution in [0.2, 0.25) is 0 Å². The van der Waals surface area contributed by atoms with E-state index in [0.29, 0.717) is 10.6 Å². The second-order valence-electron chi connectivity index (χ2n) is 4.92. The molecule has 1 aliphatic heterocycles. The molecule has 104 valence electrons. The van der Waals surface area contributed by atoms with Gasteiger partial charge in [0.15, 0.2) is 0 Å². The zero-order valence-corrected chi connectivity index (χ0v) is 12.0. The Hall–Kier alpha value is -1.36. The number of piperidine rings is 1. The maximum absolute atomic E-state index is 12.3. The monoisotopic (exact) mass is 280 g/mol. The van der Waals surface area contributed by atoms with Crippen LogP contribution >= 0.6 is 0 Å². The van der Waals surface area contributed by atoms with E-state index < -0.39 is 10.8 Å². The van der Waals surface area contributed by atoms with Crippen LogP contribution in [0.1, 0.15) is 24.8 Å². The molecular formula is C14H20N2O2S. The van der Waals surface area contributed by atoms with Crippen LogP contribution in [0.25, 0.3) is 0 Å². The fraction of sp³-hybridized carbons (Fsp3) is 0.500. The Morgan fingerprint density at radius 3 is 2.68 bits per heavy atom. The Labute approximate surface area is 116 Å². The number of rotatable bonds is 3. The largest absolute Gasteiger partial charge is 0.398 e. The first-order valence-corrected chi connectivity index (χ1v) is 7.92. The number of aryl methyl sites for hydroxylation is 1. The minimum Gasteiger partial charge on any atom is -0.398 e. The first-order chi connectivity index (χ1) is 9.09. The van der Waals surface area contributed by atoms with Crippen molar-refractivity contribution >= 4 is 22.4 Å². The third kappa shape index (κ3) is 3.35. The van der Waals surface area contributed by atoms with Gasteiger partial charge in [-0.25, -0.2) is 0 Å². The zero-order chi connectivity index (χ0) is 13.8. The number of hydrogen-bond acceptors (Lipinski definition) is 3. The van der Waals surface area contributed by atoms with Crippen LogP contribution < -0.4 is 5.73 Å². The van der Waals surface area contributed by atoms with Crippen molar-refractivity contribution in [1.82, 2.24) is 4.90 Å². The number of carbonyl (C=O) groups excluding carboxylic acids is 1. The van der Waals surface area contributed by atoms with Crippen molar-refractivity contribution < 1.29 is 9.00 Å². The molecule has 0 spiro atoms. The molecule has 1 aliphatic rings. The topological polar surface area (TPSA) is 63.4 Å². The molecule has 1 unspecified atom stereocenters. The maximum atomic E-state index is 12.3. The van der Waals surface area contributed by atoms with Crippen LogP contribution in [-0.2, 0) is 15.6 Å². The molecule has 0 bridgehead atoms. The number of para-hydroxylation sites is 1. The molecule has 1 amide bonds. The molecule has 1 aromatic carbocycles. The average molecular weight is 280 g/mol. The lowest BCUT2D eigenvalue weighted by molar-refractivity contribution is -0.129. The third-order valence-corrected chi connectivity index (χ3v) is 4.85. The molecule has 1 heterocycles. The highest BCUT2D eigenvalue weighted by Gasteiger charge is 2.20. The Morgan fingerprint density at radius 2 is 2.00 bits per heavy atom. The molecule has 1 aromatic rings. The molecule has 2 N–H and O–H groups in total. The summed E-state index contributed by atoms with van der Waals surface area (Å²) in [6.07, 6.45) is 3.27. The Bertz CT molecular complexity index is 496. The molecule has 4 nitrogen and oxygen atoms in total. The molecule has 0 aromatic heterocycles. The second-order valence-corrected chi connectivity index (χ2v) is 6.34. The van der Waals surface area contributed by atoms with Gasteiger partial charge in [0, 0.05) is 13.1 Å². The van der Waals surface area contributed by atoms with Crippen LogP contribution in [-0.4, -0.2) is 33.9 Å². The van der Waals surface area contributed by atoms with E-state index in [2.05, 4.69) is 0 Å². The van der Waals surface area contributed by atoms with Crippen molar-refractivity contribution in [3.8, 4) is 0 Å². The van der Waals surface area contributed by atoms with Gasteiger partial charge in [0.2, 0.25) is 5.91 Å². The van der Waals surface area contributed by atoms with Crippen molar-refractivity contribution in [3.63, 3.8) is 0 Å². The van der Waals surface area contributed by atoms with Crippen LogP contribution in [0.3, 0.4) is 0 Å². The summed E-state index contributed by atoms with van der Waals surface area (Å²) in [5, 5.41) is 0. The summed E-state index contributed by atoms with van der Waals surface area (Å²) in [5.41, 5.74) is 7.35. The first-order valence-electron chi connectivity index (χ1n) is 6.61. The van der Waals surface area contributed by atoms with E-state index in [-0.39, 0.29) is 11.7 Å². The number of carbonyl (C=O) groups is 1. The molecule has 2 rings (SSSR count). The Balaban J connectivity index is 2.04. The molecule has 19 heavy (non-hydrogen) atoms. The van der Waals surface area contributed by atoms with Crippen LogP contribution in [0.5, 0.6) is 0 Å². The number of benzene rings is 1. The lowest BCUT2D eigenvalue weighted by atomic mass is 10.1. The standard InChI is InChI=1S/C14H20N2O2S/c1-11-6-5-7-12(14(11)15)19(18)10-13(17)16-8-3-2-4-9-16/h5-7H,2-4,8-10,15H2,1H3. The second kappa shape index (κ2) is 6.19. The minimum atomic E-state index is -1.35. The normalized spacial score (nSPS) is 17.2. The number of nitrogens with zero attached hydrogens (tertiary/aromatic N) is 1. The SMILES string of the molecule is Cc1cccc(S(=O)CC(=O)N2CCCCC2)c1N. The van der Waals surface area contributed by atoms with Crippen molar-refractivity contribution in [3.05, 3.63) is 23.8 Å². The van der Waals surface area contributed by atoms with Crippen LogP contribution in [0.4, 0.5) is 5.69 Å². The summed E-state index contributed by atoms with van der Waals surface area (Å²) >= 11 is 0. The molecule has 0 aliphatic carbocycles. The quantitative estimate of drug-likeness (QED) is 0.857. The van der Waals surface area contributed by atoms with E-state index in [0.717, 1.165) is 31.5 Å². The highest BCUT2D eigenvalue weighted by molar-refractivity contribution is 7.86. The van der Waals surface area contributed by atoms with E-state index >= 15 is 0 Å². The fourth-order valence-corrected chi connectivity index (χ4v) is 3.48. The summed E-state index contributed by atoms with van der Waals surface area (Å²) in [6.45, 7) is 3.46. The van der Waals surface area contributed by atoms with E-state index in [4.69, 9.17) is 5.73 Å². The zero-order valence-electron chi connectivity index (χ0n) is 11.2. The molecule has 1 fully saturated rings. The number of hydrogen-bond donors (Lipinski definition) is 1. The summed E-state index contributed by atoms with van der Waals surface area (Å²) in [5.74, 6) is 0.00661. The van der Waals surface area contributed by atoms with E-state index in [1.807, 2.05) is 24.0 Å². The maximum Gasteiger partial charge on any atom is 0.235 e. The number of amides is 1. The van der Waals surface area contributed by atoms with Gasteiger partial charge in [-0.15, -0.1) is 0 Å². The van der Waals surface area contributed by atoms with Crippen molar-refractivity contribution in [1.29, 1.82) is 0 Å². The summed E-state index contributed by atoms with van der Waals surface area (Å²) in [6, 6.07) is 5.44. The summed E-state index contributed by atoms with van der Waals surface area (Å²) in [7, 11) is -1.35. The summed E-state index contributed by atoms with van der Waals surface area (Å²) < 4.78 is 12.3. The lowest BCUT2D eigenvalue weighted by Gasteiger charge is -2.26. The van der Waals surface area contributed by atoms with Gasteiger partial charge in [0.05, 0.1) is 21.4 Å². The molecule has 1 saturated heterocycles. The third-order valence-electron chi connectivity index (χ3n) is 3.49. The van der Waals surface area contributed by atoms with Crippen LogP contribution in [0.15, 0.2) is 23.1 Å². The minimum absolute atomic E-state index is 0.0288. The highest BCUT2D eigenvalue weighted by Crippen LogP contribution is 2.20.